The van der Waals surface area contributed by atoms with E-state index in [1.807, 2.05) is 13.8 Å². The maximum absolute atomic E-state index is 6.04. The average Bonchev–Trinajstić information content (AvgIpc) is 2.97. The summed E-state index contributed by atoms with van der Waals surface area (Å²) >= 11 is 0. The molecule has 43 heavy (non-hydrogen) atoms. The fraction of sp³-hybridized carbons (Fsp3) is 0.850. The summed E-state index contributed by atoms with van der Waals surface area (Å²) in [6.07, 6.45) is 19.7. The summed E-state index contributed by atoms with van der Waals surface area (Å²) in [5.74, 6) is 4.97. The third-order valence-electron chi connectivity index (χ3n) is 10.2. The van der Waals surface area contributed by atoms with Crippen LogP contribution >= 0.6 is 0 Å². The summed E-state index contributed by atoms with van der Waals surface area (Å²) in [5.41, 5.74) is 1.99. The van der Waals surface area contributed by atoms with Gasteiger partial charge in [0.05, 0.1) is 12.7 Å². The van der Waals surface area contributed by atoms with Gasteiger partial charge < -0.3 is 9.62 Å². The van der Waals surface area contributed by atoms with E-state index < -0.39 is 0 Å². The van der Waals surface area contributed by atoms with Gasteiger partial charge in [0.15, 0.2) is 5.75 Å². The van der Waals surface area contributed by atoms with E-state index in [4.69, 9.17) is 14.5 Å². The Labute approximate surface area is 268 Å². The standard InChI is InChI=1S/C23H38O2.C15H28O.C2H6/c1-22(2,3)21(23(4,5)6)16-17-24-25-20-14-12-19(13-15-20)18-10-8-7-9-11-18;1-12(2)9-10-16-15-8-7-13-5-3-4-6-14(13)11-15;1-2/h12-15,18,21H,7-11,16-17H2,1-6H3;12-15H,3-11H2,1-2H3;1-2H3. The van der Waals surface area contributed by atoms with E-state index in [0.29, 0.717) is 18.6 Å². The zero-order chi connectivity index (χ0) is 31.9. The molecule has 3 aliphatic rings. The van der Waals surface area contributed by atoms with Crippen LogP contribution in [0.4, 0.5) is 0 Å². The molecule has 0 heterocycles. The van der Waals surface area contributed by atoms with Crippen LogP contribution in [0.25, 0.3) is 0 Å². The van der Waals surface area contributed by atoms with Gasteiger partial charge in [-0.3, -0.25) is 0 Å². The van der Waals surface area contributed by atoms with Crippen molar-refractivity contribution < 1.29 is 14.5 Å². The Hall–Kier alpha value is -1.06. The molecule has 4 rings (SSSR count). The molecule has 3 heteroatoms. The number of ether oxygens (including phenoxy) is 1. The minimum absolute atomic E-state index is 0.267. The molecule has 1 aromatic rings. The highest BCUT2D eigenvalue weighted by Gasteiger charge is 2.34. The normalized spacial score (nSPS) is 23.1. The molecule has 3 atom stereocenters. The molecule has 3 unspecified atom stereocenters. The highest BCUT2D eigenvalue weighted by atomic mass is 17.2. The summed E-state index contributed by atoms with van der Waals surface area (Å²) in [6.45, 7) is 24.1. The fourth-order valence-electron chi connectivity index (χ4n) is 8.12. The van der Waals surface area contributed by atoms with Crippen LogP contribution in [0, 0.1) is 34.5 Å². The lowest BCUT2D eigenvalue weighted by atomic mass is 9.65. The van der Waals surface area contributed by atoms with Gasteiger partial charge >= 0.3 is 0 Å². The number of fused-ring (bicyclic) bond motifs is 1. The second-order valence-electron chi connectivity index (χ2n) is 16.2. The lowest BCUT2D eigenvalue weighted by molar-refractivity contribution is -0.212. The first kappa shape index (κ1) is 38.1. The van der Waals surface area contributed by atoms with Gasteiger partial charge in [0.25, 0.3) is 0 Å². The molecule has 0 radical (unpaired) electrons. The summed E-state index contributed by atoms with van der Waals surface area (Å²) in [7, 11) is 0. The van der Waals surface area contributed by atoms with E-state index in [9.17, 15) is 0 Å². The van der Waals surface area contributed by atoms with Crippen molar-refractivity contribution in [1.82, 2.24) is 0 Å². The molecule has 0 amide bonds. The van der Waals surface area contributed by atoms with E-state index in [2.05, 4.69) is 79.7 Å². The molecule has 0 saturated heterocycles. The second-order valence-corrected chi connectivity index (χ2v) is 16.2. The van der Waals surface area contributed by atoms with Crippen LogP contribution in [0.5, 0.6) is 5.75 Å². The van der Waals surface area contributed by atoms with E-state index in [-0.39, 0.29) is 10.8 Å². The summed E-state index contributed by atoms with van der Waals surface area (Å²) in [5, 5.41) is 0. The molecular weight excluding hydrogens is 528 g/mol. The lowest BCUT2D eigenvalue weighted by Gasteiger charge is -2.40. The zero-order valence-electron chi connectivity index (χ0n) is 30.3. The molecule has 3 aliphatic carbocycles. The van der Waals surface area contributed by atoms with Crippen molar-refractivity contribution in [1.29, 1.82) is 0 Å². The third kappa shape index (κ3) is 14.3. The van der Waals surface area contributed by atoms with Crippen molar-refractivity contribution in [2.75, 3.05) is 13.2 Å². The first-order valence-electron chi connectivity index (χ1n) is 18.4. The van der Waals surface area contributed by atoms with E-state index in [0.717, 1.165) is 42.4 Å². The maximum Gasteiger partial charge on any atom is 0.165 e. The average molecular weight is 601 g/mol. The highest BCUT2D eigenvalue weighted by Crippen LogP contribution is 2.43. The van der Waals surface area contributed by atoms with Crippen molar-refractivity contribution >= 4 is 0 Å². The smallest absolute Gasteiger partial charge is 0.165 e. The van der Waals surface area contributed by atoms with Crippen LogP contribution < -0.4 is 4.89 Å². The second kappa shape index (κ2) is 19.5. The monoisotopic (exact) mass is 601 g/mol. The van der Waals surface area contributed by atoms with Crippen LogP contribution in [0.3, 0.4) is 0 Å². The lowest BCUT2D eigenvalue weighted by Crippen LogP contribution is -2.33. The molecule has 0 N–H and O–H groups in total. The minimum Gasteiger partial charge on any atom is -0.378 e. The topological polar surface area (TPSA) is 27.7 Å². The van der Waals surface area contributed by atoms with Gasteiger partial charge in [-0.2, -0.15) is 4.89 Å². The molecule has 3 saturated carbocycles. The number of benzene rings is 1. The van der Waals surface area contributed by atoms with E-state index in [1.165, 1.54) is 89.0 Å². The Balaban J connectivity index is 0.000000308. The number of hydrogen-bond acceptors (Lipinski definition) is 3. The van der Waals surface area contributed by atoms with Crippen LogP contribution in [0.15, 0.2) is 24.3 Å². The summed E-state index contributed by atoms with van der Waals surface area (Å²) in [6, 6.07) is 8.52. The Morgan fingerprint density at radius 2 is 1.26 bits per heavy atom. The van der Waals surface area contributed by atoms with E-state index in [1.54, 1.807) is 0 Å². The molecule has 1 aromatic carbocycles. The fourth-order valence-corrected chi connectivity index (χ4v) is 8.12. The van der Waals surface area contributed by atoms with Gasteiger partial charge in [-0.05, 0) is 103 Å². The summed E-state index contributed by atoms with van der Waals surface area (Å²) < 4.78 is 6.04. The molecule has 0 bridgehead atoms. The largest absolute Gasteiger partial charge is 0.378 e. The van der Waals surface area contributed by atoms with Gasteiger partial charge in [-0.25, -0.2) is 0 Å². The van der Waals surface area contributed by atoms with Crippen LogP contribution in [-0.4, -0.2) is 19.3 Å². The predicted molar refractivity (Wildman–Crippen MR) is 186 cm³/mol. The van der Waals surface area contributed by atoms with Crippen LogP contribution in [0.2, 0.25) is 0 Å². The Bertz CT molecular complexity index is 811. The Morgan fingerprint density at radius 1 is 0.674 bits per heavy atom. The van der Waals surface area contributed by atoms with Crippen molar-refractivity contribution in [3.05, 3.63) is 29.8 Å². The molecule has 3 nitrogen and oxygen atoms in total. The van der Waals surface area contributed by atoms with Crippen molar-refractivity contribution in [3.63, 3.8) is 0 Å². The highest BCUT2D eigenvalue weighted by molar-refractivity contribution is 5.29. The Kier molecular flexibility index (Phi) is 17.2. The molecule has 250 valence electrons. The zero-order valence-corrected chi connectivity index (χ0v) is 30.3. The first-order chi connectivity index (χ1) is 20.4. The quantitative estimate of drug-likeness (QED) is 0.152. The van der Waals surface area contributed by atoms with Crippen molar-refractivity contribution in [2.24, 2.45) is 34.5 Å². The molecule has 0 aliphatic heterocycles. The summed E-state index contributed by atoms with van der Waals surface area (Å²) in [4.78, 5) is 11.0. The number of hydrogen-bond donors (Lipinski definition) is 0. The van der Waals surface area contributed by atoms with Gasteiger partial charge in [-0.1, -0.05) is 126 Å². The molecule has 0 spiro atoms. The van der Waals surface area contributed by atoms with Crippen molar-refractivity contribution in [3.8, 4) is 5.75 Å². The molecule has 3 fully saturated rings. The van der Waals surface area contributed by atoms with Gasteiger partial charge in [0.2, 0.25) is 0 Å². The SMILES string of the molecule is CC.CC(C)(C)C(CCOOc1ccc(C2CCCCC2)cc1)C(C)(C)C.CC(C)CCOC1CCC2CCCCC2C1. The Morgan fingerprint density at radius 3 is 1.84 bits per heavy atom. The minimum atomic E-state index is 0.267. The van der Waals surface area contributed by atoms with Gasteiger partial charge in [0, 0.05) is 6.61 Å². The third-order valence-corrected chi connectivity index (χ3v) is 10.2. The maximum atomic E-state index is 6.04. The first-order valence-corrected chi connectivity index (χ1v) is 18.4. The van der Waals surface area contributed by atoms with Gasteiger partial charge in [-0.15, -0.1) is 0 Å². The van der Waals surface area contributed by atoms with Gasteiger partial charge in [0.1, 0.15) is 0 Å². The van der Waals surface area contributed by atoms with E-state index >= 15 is 0 Å². The molecular formula is C40H72O3. The van der Waals surface area contributed by atoms with Crippen molar-refractivity contribution in [2.45, 2.75) is 171 Å². The number of rotatable bonds is 10. The molecule has 0 aromatic heterocycles. The van der Waals surface area contributed by atoms with Crippen LogP contribution in [-0.2, 0) is 9.62 Å². The predicted octanol–water partition coefficient (Wildman–Crippen LogP) is 12.6. The van der Waals surface area contributed by atoms with Crippen LogP contribution in [0.1, 0.15) is 171 Å².